The molecule has 7 nitrogen and oxygen atoms in total. The molecule has 132 valence electrons. The van der Waals surface area contributed by atoms with Crippen molar-refractivity contribution >= 4 is 18.0 Å². The summed E-state index contributed by atoms with van der Waals surface area (Å²) in [6, 6.07) is 0. The van der Waals surface area contributed by atoms with E-state index < -0.39 is 30.9 Å². The Hall–Kier alpha value is -1.79. The van der Waals surface area contributed by atoms with Crippen molar-refractivity contribution in [3.05, 3.63) is 0 Å². The highest BCUT2D eigenvalue weighted by molar-refractivity contribution is 5.77. The van der Waals surface area contributed by atoms with Crippen LogP contribution >= 0.6 is 0 Å². The number of rotatable bonds is 6. The molecule has 0 aliphatic heterocycles. The van der Waals surface area contributed by atoms with Crippen LogP contribution in [-0.4, -0.2) is 46.9 Å². The van der Waals surface area contributed by atoms with Gasteiger partial charge in [-0.2, -0.15) is 0 Å². The second-order valence-corrected chi connectivity index (χ2v) is 6.90. The molecule has 1 aliphatic rings. The number of ether oxygens (including phenoxy) is 2. The van der Waals surface area contributed by atoms with Crippen LogP contribution in [0.25, 0.3) is 0 Å². The maximum Gasteiger partial charge on any atom is 0.413 e. The lowest BCUT2D eigenvalue weighted by Gasteiger charge is -2.33. The van der Waals surface area contributed by atoms with Crippen molar-refractivity contribution in [2.45, 2.75) is 64.8 Å². The summed E-state index contributed by atoms with van der Waals surface area (Å²) in [5, 5.41) is 8.86. The summed E-state index contributed by atoms with van der Waals surface area (Å²) in [7, 11) is 0. The van der Waals surface area contributed by atoms with Crippen LogP contribution in [0.2, 0.25) is 0 Å². The van der Waals surface area contributed by atoms with Gasteiger partial charge in [-0.25, -0.2) is 4.79 Å². The number of carboxylic acids is 1. The fourth-order valence-electron chi connectivity index (χ4n) is 2.62. The maximum absolute atomic E-state index is 11.9. The van der Waals surface area contributed by atoms with Gasteiger partial charge < -0.3 is 14.6 Å². The Morgan fingerprint density at radius 2 is 1.70 bits per heavy atom. The van der Waals surface area contributed by atoms with Crippen LogP contribution in [0.3, 0.4) is 0 Å². The summed E-state index contributed by atoms with van der Waals surface area (Å²) in [4.78, 5) is 35.6. The van der Waals surface area contributed by atoms with E-state index >= 15 is 0 Å². The number of amides is 1. The number of carboxylic acid groups (broad SMARTS) is 1. The van der Waals surface area contributed by atoms with Crippen molar-refractivity contribution in [1.29, 1.82) is 0 Å². The molecule has 1 N–H and O–H groups in total. The van der Waals surface area contributed by atoms with Crippen LogP contribution in [0.5, 0.6) is 0 Å². The smallest absolute Gasteiger partial charge is 0.413 e. The lowest BCUT2D eigenvalue weighted by atomic mass is 9.87. The van der Waals surface area contributed by atoms with Crippen LogP contribution < -0.4 is 0 Å². The van der Waals surface area contributed by atoms with Gasteiger partial charge in [-0.15, -0.1) is 0 Å². The van der Waals surface area contributed by atoms with E-state index in [2.05, 4.69) is 0 Å². The zero-order chi connectivity index (χ0) is 17.5. The van der Waals surface area contributed by atoms with Crippen LogP contribution in [0.1, 0.15) is 59.3 Å². The van der Waals surface area contributed by atoms with Crippen molar-refractivity contribution in [3.63, 3.8) is 0 Å². The topological polar surface area (TPSA) is 93.1 Å². The fraction of sp³-hybridized carbons (Fsp3) is 0.812. The third-order valence-corrected chi connectivity index (χ3v) is 3.91. The average Bonchev–Trinajstić information content (AvgIpc) is 2.44. The first kappa shape index (κ1) is 19.3. The molecule has 7 heteroatoms. The summed E-state index contributed by atoms with van der Waals surface area (Å²) in [5.41, 5.74) is -0.707. The molecule has 0 heterocycles. The van der Waals surface area contributed by atoms with E-state index in [-0.39, 0.29) is 5.97 Å². The largest absolute Gasteiger partial charge is 0.480 e. The summed E-state index contributed by atoms with van der Waals surface area (Å²) in [6.45, 7) is 4.14. The minimum absolute atomic E-state index is 0.343. The molecule has 1 aliphatic carbocycles. The van der Waals surface area contributed by atoms with Gasteiger partial charge >= 0.3 is 18.0 Å². The molecule has 0 unspecified atom stereocenters. The number of nitrogens with zero attached hydrogens (tertiary/aromatic N) is 1. The highest BCUT2D eigenvalue weighted by Crippen LogP contribution is 2.26. The summed E-state index contributed by atoms with van der Waals surface area (Å²) in [5.74, 6) is -1.17. The van der Waals surface area contributed by atoms with E-state index in [0.717, 1.165) is 30.6 Å². The first-order chi connectivity index (χ1) is 10.7. The molecule has 1 amide bonds. The van der Waals surface area contributed by atoms with Crippen LogP contribution in [0.15, 0.2) is 0 Å². The lowest BCUT2D eigenvalue weighted by Crippen LogP contribution is -2.48. The molecule has 0 saturated heterocycles. The molecular formula is C16H27NO6. The number of hydrogen-bond acceptors (Lipinski definition) is 5. The molecule has 0 atom stereocenters. The van der Waals surface area contributed by atoms with Crippen LogP contribution in [-0.2, 0) is 19.1 Å². The van der Waals surface area contributed by atoms with Crippen molar-refractivity contribution in [3.8, 4) is 0 Å². The highest BCUT2D eigenvalue weighted by atomic mass is 16.7. The summed E-state index contributed by atoms with van der Waals surface area (Å²) < 4.78 is 9.80. The second-order valence-electron chi connectivity index (χ2n) is 6.90. The molecule has 1 saturated carbocycles. The van der Waals surface area contributed by atoms with Crippen molar-refractivity contribution in [1.82, 2.24) is 4.90 Å². The quantitative estimate of drug-likeness (QED) is 0.595. The van der Waals surface area contributed by atoms with Gasteiger partial charge in [0.1, 0.15) is 6.54 Å². The standard InChI is InChI=1S/C16H27NO6/c1-16(2,3)17(10-13(18)19)15(21)23-11-22-14(20)9-12-7-5-4-6-8-12/h12H,4-11H2,1-3H3,(H,18,19). The van der Waals surface area contributed by atoms with E-state index in [1.165, 1.54) is 6.42 Å². The van der Waals surface area contributed by atoms with Gasteiger partial charge in [0.2, 0.25) is 6.79 Å². The Bertz CT molecular complexity index is 423. The Morgan fingerprint density at radius 3 is 2.22 bits per heavy atom. The molecule has 0 aromatic carbocycles. The summed E-state index contributed by atoms with van der Waals surface area (Å²) in [6.07, 6.45) is 5.10. The van der Waals surface area contributed by atoms with E-state index in [9.17, 15) is 14.4 Å². The van der Waals surface area contributed by atoms with Gasteiger partial charge in [-0.3, -0.25) is 14.5 Å². The number of hydrogen-bond donors (Lipinski definition) is 1. The molecule has 23 heavy (non-hydrogen) atoms. The molecule has 0 spiro atoms. The van der Waals surface area contributed by atoms with Gasteiger partial charge in [0.25, 0.3) is 0 Å². The van der Waals surface area contributed by atoms with Crippen molar-refractivity contribution in [2.75, 3.05) is 13.3 Å². The Balaban J connectivity index is 2.35. The van der Waals surface area contributed by atoms with Crippen molar-refractivity contribution < 1.29 is 29.0 Å². The number of aliphatic carboxylic acids is 1. The highest BCUT2D eigenvalue weighted by Gasteiger charge is 2.30. The molecule has 0 aromatic heterocycles. The first-order valence-electron chi connectivity index (χ1n) is 8.02. The normalized spacial score (nSPS) is 15.8. The third-order valence-electron chi connectivity index (χ3n) is 3.91. The molecule has 0 radical (unpaired) electrons. The Morgan fingerprint density at radius 1 is 1.09 bits per heavy atom. The SMILES string of the molecule is CC(C)(C)N(CC(=O)O)C(=O)OCOC(=O)CC1CCCCC1. The van der Waals surface area contributed by atoms with Crippen molar-refractivity contribution in [2.24, 2.45) is 5.92 Å². The molecule has 0 aromatic rings. The van der Waals surface area contributed by atoms with Gasteiger partial charge in [0, 0.05) is 12.0 Å². The second kappa shape index (κ2) is 8.74. The lowest BCUT2D eigenvalue weighted by molar-refractivity contribution is -0.155. The number of carbonyl (C=O) groups excluding carboxylic acids is 2. The number of esters is 1. The van der Waals surface area contributed by atoms with Gasteiger partial charge in [-0.1, -0.05) is 19.3 Å². The van der Waals surface area contributed by atoms with Crippen LogP contribution in [0, 0.1) is 5.92 Å². The summed E-state index contributed by atoms with van der Waals surface area (Å²) >= 11 is 0. The Labute approximate surface area is 136 Å². The molecule has 1 rings (SSSR count). The van der Waals surface area contributed by atoms with Gasteiger partial charge in [0.05, 0.1) is 0 Å². The minimum Gasteiger partial charge on any atom is -0.480 e. The van der Waals surface area contributed by atoms with Gasteiger partial charge in [0.15, 0.2) is 0 Å². The Kier molecular flexibility index (Phi) is 7.32. The maximum atomic E-state index is 11.9. The van der Waals surface area contributed by atoms with E-state index in [4.69, 9.17) is 14.6 Å². The first-order valence-corrected chi connectivity index (χ1v) is 8.02. The molecule has 1 fully saturated rings. The molecular weight excluding hydrogens is 302 g/mol. The third kappa shape index (κ3) is 7.34. The zero-order valence-electron chi connectivity index (χ0n) is 14.2. The van der Waals surface area contributed by atoms with E-state index in [1.807, 2.05) is 0 Å². The van der Waals surface area contributed by atoms with E-state index in [0.29, 0.717) is 12.3 Å². The van der Waals surface area contributed by atoms with Gasteiger partial charge in [-0.05, 0) is 39.5 Å². The fourth-order valence-corrected chi connectivity index (χ4v) is 2.62. The van der Waals surface area contributed by atoms with E-state index in [1.54, 1.807) is 20.8 Å². The van der Waals surface area contributed by atoms with Crippen LogP contribution in [0.4, 0.5) is 4.79 Å². The predicted molar refractivity (Wildman–Crippen MR) is 82.7 cm³/mol. The zero-order valence-corrected chi connectivity index (χ0v) is 14.2. The molecule has 0 bridgehead atoms. The predicted octanol–water partition coefficient (Wildman–Crippen LogP) is 2.78. The average molecular weight is 329 g/mol. The monoisotopic (exact) mass is 329 g/mol. The minimum atomic E-state index is -1.13. The number of carbonyl (C=O) groups is 3.